The first-order valence-corrected chi connectivity index (χ1v) is 6.54. The van der Waals surface area contributed by atoms with Crippen molar-refractivity contribution in [2.45, 2.75) is 27.2 Å². The lowest BCUT2D eigenvalue weighted by molar-refractivity contribution is 0.305. The van der Waals surface area contributed by atoms with Gasteiger partial charge in [-0.25, -0.2) is 0 Å². The molecule has 0 amide bonds. The zero-order chi connectivity index (χ0) is 12.0. The molecule has 1 aromatic rings. The average molecular weight is 286 g/mol. The Balaban J connectivity index is 2.47. The van der Waals surface area contributed by atoms with Crippen LogP contribution < -0.4 is 10.1 Å². The van der Waals surface area contributed by atoms with E-state index in [0.29, 0.717) is 0 Å². The first-order chi connectivity index (χ1) is 7.65. The quantitative estimate of drug-likeness (QED) is 0.809. The van der Waals surface area contributed by atoms with Gasteiger partial charge in [0.15, 0.2) is 0 Å². The van der Waals surface area contributed by atoms with Crippen LogP contribution in [0.2, 0.25) is 0 Å². The van der Waals surface area contributed by atoms with E-state index >= 15 is 0 Å². The van der Waals surface area contributed by atoms with Crippen molar-refractivity contribution in [3.05, 3.63) is 27.7 Å². The molecule has 16 heavy (non-hydrogen) atoms. The summed E-state index contributed by atoms with van der Waals surface area (Å²) in [5, 5.41) is 3.28. The summed E-state index contributed by atoms with van der Waals surface area (Å²) in [5.41, 5.74) is 2.44. The molecule has 2 nitrogen and oxygen atoms in total. The molecule has 0 heterocycles. The Hall–Kier alpha value is -0.540. The van der Waals surface area contributed by atoms with Gasteiger partial charge in [-0.2, -0.15) is 0 Å². The Morgan fingerprint density at radius 3 is 2.69 bits per heavy atom. The Labute approximate surface area is 107 Å². The monoisotopic (exact) mass is 285 g/mol. The van der Waals surface area contributed by atoms with E-state index in [2.05, 4.69) is 54.2 Å². The molecule has 0 aromatic heterocycles. The molecule has 0 radical (unpaired) electrons. The van der Waals surface area contributed by atoms with Gasteiger partial charge in [-0.15, -0.1) is 0 Å². The fraction of sp³-hybridized carbons (Fsp3) is 0.538. The largest absolute Gasteiger partial charge is 0.492 e. The molecule has 0 aliphatic carbocycles. The minimum absolute atomic E-state index is 0.759. The summed E-state index contributed by atoms with van der Waals surface area (Å²) in [7, 11) is 0. The first kappa shape index (κ1) is 13.5. The van der Waals surface area contributed by atoms with Gasteiger partial charge in [0.25, 0.3) is 0 Å². The third kappa shape index (κ3) is 4.14. The predicted molar refractivity (Wildman–Crippen MR) is 72.3 cm³/mol. The predicted octanol–water partition coefficient (Wildman–Crippen LogP) is 3.44. The van der Waals surface area contributed by atoms with Crippen molar-refractivity contribution < 1.29 is 4.74 Å². The number of ether oxygens (including phenoxy) is 1. The highest BCUT2D eigenvalue weighted by atomic mass is 79.9. The zero-order valence-electron chi connectivity index (χ0n) is 10.3. The number of hydrogen-bond donors (Lipinski definition) is 1. The molecule has 0 atom stereocenters. The van der Waals surface area contributed by atoms with Crippen molar-refractivity contribution in [2.75, 3.05) is 19.7 Å². The summed E-state index contributed by atoms with van der Waals surface area (Å²) in [4.78, 5) is 0. The van der Waals surface area contributed by atoms with Crippen LogP contribution in [0.5, 0.6) is 5.75 Å². The maximum absolute atomic E-state index is 5.78. The van der Waals surface area contributed by atoms with Crippen LogP contribution in [0, 0.1) is 13.8 Å². The van der Waals surface area contributed by atoms with Crippen LogP contribution in [0.4, 0.5) is 0 Å². The van der Waals surface area contributed by atoms with E-state index in [1.807, 2.05) is 0 Å². The van der Waals surface area contributed by atoms with Crippen molar-refractivity contribution in [1.82, 2.24) is 5.32 Å². The molecule has 0 unspecified atom stereocenters. The number of rotatable bonds is 6. The van der Waals surface area contributed by atoms with Gasteiger partial charge in [0, 0.05) is 0 Å². The molecule has 3 heteroatoms. The van der Waals surface area contributed by atoms with Gasteiger partial charge < -0.3 is 10.1 Å². The van der Waals surface area contributed by atoms with Crippen molar-refractivity contribution in [1.29, 1.82) is 0 Å². The van der Waals surface area contributed by atoms with Crippen molar-refractivity contribution >= 4 is 15.9 Å². The number of hydrogen-bond acceptors (Lipinski definition) is 2. The van der Waals surface area contributed by atoms with Gasteiger partial charge in [0.05, 0.1) is 11.1 Å². The third-order valence-corrected chi connectivity index (χ3v) is 2.96. The molecule has 0 aliphatic heterocycles. The second kappa shape index (κ2) is 6.92. The average Bonchev–Trinajstić information content (AvgIpc) is 2.20. The maximum Gasteiger partial charge on any atom is 0.136 e. The summed E-state index contributed by atoms with van der Waals surface area (Å²) < 4.78 is 6.83. The SMILES string of the molecule is CCNCCCOc1c(C)cc(C)cc1Br. The highest BCUT2D eigenvalue weighted by Gasteiger charge is 2.05. The normalized spacial score (nSPS) is 10.5. The minimum atomic E-state index is 0.759. The van der Waals surface area contributed by atoms with Gasteiger partial charge in [-0.3, -0.25) is 0 Å². The van der Waals surface area contributed by atoms with Crippen LogP contribution in [0.1, 0.15) is 24.5 Å². The van der Waals surface area contributed by atoms with Gasteiger partial charge in [-0.05, 0) is 66.5 Å². The van der Waals surface area contributed by atoms with Crippen LogP contribution in [0.3, 0.4) is 0 Å². The van der Waals surface area contributed by atoms with Crippen LogP contribution >= 0.6 is 15.9 Å². The third-order valence-electron chi connectivity index (χ3n) is 2.37. The first-order valence-electron chi connectivity index (χ1n) is 5.75. The molecule has 0 fully saturated rings. The Bertz CT molecular complexity index is 316. The second-order valence-electron chi connectivity index (χ2n) is 3.95. The highest BCUT2D eigenvalue weighted by molar-refractivity contribution is 9.10. The van der Waals surface area contributed by atoms with Gasteiger partial charge in [0.2, 0.25) is 0 Å². The topological polar surface area (TPSA) is 21.3 Å². The molecule has 0 saturated carbocycles. The Morgan fingerprint density at radius 2 is 2.06 bits per heavy atom. The van der Waals surface area contributed by atoms with Crippen LogP contribution in [-0.4, -0.2) is 19.7 Å². The van der Waals surface area contributed by atoms with E-state index < -0.39 is 0 Å². The maximum atomic E-state index is 5.78. The van der Waals surface area contributed by atoms with Crippen molar-refractivity contribution in [3.8, 4) is 5.75 Å². The fourth-order valence-electron chi connectivity index (χ4n) is 1.63. The zero-order valence-corrected chi connectivity index (χ0v) is 11.9. The van der Waals surface area contributed by atoms with E-state index in [1.54, 1.807) is 0 Å². The summed E-state index contributed by atoms with van der Waals surface area (Å²) in [6, 6.07) is 4.23. The summed E-state index contributed by atoms with van der Waals surface area (Å²) in [6.45, 7) is 9.08. The highest BCUT2D eigenvalue weighted by Crippen LogP contribution is 2.30. The minimum Gasteiger partial charge on any atom is -0.492 e. The molecule has 1 aromatic carbocycles. The van der Waals surface area contributed by atoms with E-state index in [1.165, 1.54) is 11.1 Å². The lowest BCUT2D eigenvalue weighted by Gasteiger charge is -2.12. The second-order valence-corrected chi connectivity index (χ2v) is 4.80. The lowest BCUT2D eigenvalue weighted by Crippen LogP contribution is -2.16. The van der Waals surface area contributed by atoms with Gasteiger partial charge in [-0.1, -0.05) is 13.0 Å². The molecule has 90 valence electrons. The molecule has 1 N–H and O–H groups in total. The van der Waals surface area contributed by atoms with Crippen LogP contribution in [-0.2, 0) is 0 Å². The van der Waals surface area contributed by atoms with Crippen molar-refractivity contribution in [2.24, 2.45) is 0 Å². The summed E-state index contributed by atoms with van der Waals surface area (Å²) in [5.74, 6) is 0.974. The number of aryl methyl sites for hydroxylation is 2. The Kier molecular flexibility index (Phi) is 5.85. The molecule has 0 saturated heterocycles. The molecule has 1 rings (SSSR count). The lowest BCUT2D eigenvalue weighted by atomic mass is 10.1. The summed E-state index contributed by atoms with van der Waals surface area (Å²) in [6.07, 6.45) is 1.04. The molecular weight excluding hydrogens is 266 g/mol. The molecular formula is C13H20BrNO. The van der Waals surface area contributed by atoms with Gasteiger partial charge in [0.1, 0.15) is 5.75 Å². The number of benzene rings is 1. The number of nitrogens with one attached hydrogen (secondary N) is 1. The van der Waals surface area contributed by atoms with E-state index in [-0.39, 0.29) is 0 Å². The summed E-state index contributed by atoms with van der Waals surface area (Å²) >= 11 is 3.54. The smallest absolute Gasteiger partial charge is 0.136 e. The molecule has 0 aliphatic rings. The van der Waals surface area contributed by atoms with E-state index in [4.69, 9.17) is 4.74 Å². The molecule has 0 bridgehead atoms. The van der Waals surface area contributed by atoms with E-state index in [0.717, 1.165) is 36.3 Å². The Morgan fingerprint density at radius 1 is 1.31 bits per heavy atom. The standard InChI is InChI=1S/C13H20BrNO/c1-4-15-6-5-7-16-13-11(3)8-10(2)9-12(13)14/h8-9,15H,4-7H2,1-3H3. The van der Waals surface area contributed by atoms with Crippen molar-refractivity contribution in [3.63, 3.8) is 0 Å². The fourth-order valence-corrected chi connectivity index (χ4v) is 2.42. The van der Waals surface area contributed by atoms with Gasteiger partial charge >= 0.3 is 0 Å². The van der Waals surface area contributed by atoms with Crippen LogP contribution in [0.25, 0.3) is 0 Å². The van der Waals surface area contributed by atoms with E-state index in [9.17, 15) is 0 Å². The molecule has 0 spiro atoms. The van der Waals surface area contributed by atoms with Crippen LogP contribution in [0.15, 0.2) is 16.6 Å². The number of halogens is 1.